The van der Waals surface area contributed by atoms with E-state index in [-0.39, 0.29) is 0 Å². The third kappa shape index (κ3) is 1.73. The molecule has 1 aliphatic carbocycles. The number of ketones is 1. The van der Waals surface area contributed by atoms with Gasteiger partial charge in [0.05, 0.1) is 0 Å². The number of hydrogen-bond donors (Lipinski definition) is 1. The number of nitrogens with zero attached hydrogens (tertiary/aromatic N) is 1. The molecule has 2 aromatic rings. The third-order valence-corrected chi connectivity index (χ3v) is 3.82. The van der Waals surface area contributed by atoms with Gasteiger partial charge in [-0.1, -0.05) is 48.5 Å². The predicted octanol–water partition coefficient (Wildman–Crippen LogP) is 1.83. The van der Waals surface area contributed by atoms with Crippen LogP contribution in [0, 0.1) is 0 Å². The fourth-order valence-corrected chi connectivity index (χ4v) is 2.80. The van der Waals surface area contributed by atoms with Crippen LogP contribution in [0.3, 0.4) is 0 Å². The van der Waals surface area contributed by atoms with Crippen molar-refractivity contribution in [2.45, 2.75) is 5.60 Å². The van der Waals surface area contributed by atoms with Gasteiger partial charge in [-0.3, -0.25) is 9.59 Å². The van der Waals surface area contributed by atoms with E-state index in [1.807, 2.05) is 24.3 Å². The van der Waals surface area contributed by atoms with E-state index < -0.39 is 17.3 Å². The van der Waals surface area contributed by atoms with Gasteiger partial charge in [0.25, 0.3) is 5.91 Å². The molecule has 1 N–H and O–H groups in total. The van der Waals surface area contributed by atoms with Gasteiger partial charge in [-0.05, 0) is 11.1 Å². The van der Waals surface area contributed by atoms with Crippen molar-refractivity contribution in [2.24, 2.45) is 0 Å². The Morgan fingerprint density at radius 2 is 1.48 bits per heavy atom. The third-order valence-electron chi connectivity index (χ3n) is 3.82. The second-order valence-corrected chi connectivity index (χ2v) is 5.33. The molecule has 4 heteroatoms. The minimum Gasteiger partial charge on any atom is -0.369 e. The Labute approximate surface area is 122 Å². The Morgan fingerprint density at radius 3 is 2.10 bits per heavy atom. The number of rotatable bonds is 1. The van der Waals surface area contributed by atoms with Crippen LogP contribution in [-0.4, -0.2) is 35.8 Å². The van der Waals surface area contributed by atoms with Gasteiger partial charge in [0, 0.05) is 25.2 Å². The van der Waals surface area contributed by atoms with Crippen LogP contribution in [0.4, 0.5) is 0 Å². The number of carbonyl (C=O) groups excluding carboxylic acids is 2. The molecule has 0 spiro atoms. The second-order valence-electron chi connectivity index (χ2n) is 5.33. The first-order valence-corrected chi connectivity index (χ1v) is 6.65. The molecule has 0 heterocycles. The van der Waals surface area contributed by atoms with Crippen LogP contribution in [0.25, 0.3) is 11.1 Å². The van der Waals surface area contributed by atoms with E-state index in [1.54, 1.807) is 24.3 Å². The van der Waals surface area contributed by atoms with E-state index in [0.29, 0.717) is 16.7 Å². The first-order chi connectivity index (χ1) is 9.98. The maximum absolute atomic E-state index is 12.7. The van der Waals surface area contributed by atoms with Crippen LogP contribution in [0.2, 0.25) is 0 Å². The summed E-state index contributed by atoms with van der Waals surface area (Å²) in [5.74, 6) is -1.20. The van der Waals surface area contributed by atoms with Crippen molar-refractivity contribution in [1.82, 2.24) is 4.90 Å². The van der Waals surface area contributed by atoms with E-state index in [0.717, 1.165) is 5.56 Å². The van der Waals surface area contributed by atoms with Crippen LogP contribution in [0.5, 0.6) is 0 Å². The zero-order valence-electron chi connectivity index (χ0n) is 11.8. The highest BCUT2D eigenvalue weighted by Gasteiger charge is 2.51. The average Bonchev–Trinajstić information content (AvgIpc) is 2.51. The first-order valence-electron chi connectivity index (χ1n) is 6.65. The smallest absolute Gasteiger partial charge is 0.267 e. The summed E-state index contributed by atoms with van der Waals surface area (Å²) in [6.07, 6.45) is 0. The monoisotopic (exact) mass is 281 g/mol. The number of carbonyl (C=O) groups is 2. The summed E-state index contributed by atoms with van der Waals surface area (Å²) in [5, 5.41) is 10.9. The molecule has 0 radical (unpaired) electrons. The van der Waals surface area contributed by atoms with Gasteiger partial charge >= 0.3 is 0 Å². The molecule has 1 aliphatic rings. The Kier molecular flexibility index (Phi) is 2.92. The second kappa shape index (κ2) is 4.53. The van der Waals surface area contributed by atoms with Gasteiger partial charge in [-0.15, -0.1) is 0 Å². The molecule has 1 atom stereocenters. The van der Waals surface area contributed by atoms with E-state index in [2.05, 4.69) is 0 Å². The topological polar surface area (TPSA) is 57.6 Å². The quantitative estimate of drug-likeness (QED) is 0.811. The SMILES string of the molecule is CN(C)C(=O)C1(O)C(=O)c2ccccc2-c2ccccc21. The Balaban J connectivity index is 2.36. The highest BCUT2D eigenvalue weighted by Crippen LogP contribution is 2.42. The maximum atomic E-state index is 12.7. The van der Waals surface area contributed by atoms with Crippen LogP contribution < -0.4 is 0 Å². The van der Waals surface area contributed by atoms with Crippen LogP contribution in [0.1, 0.15) is 15.9 Å². The molecular weight excluding hydrogens is 266 g/mol. The Bertz CT molecular complexity index is 751. The number of benzene rings is 2. The summed E-state index contributed by atoms with van der Waals surface area (Å²) in [5.41, 5.74) is 0.00933. The van der Waals surface area contributed by atoms with Gasteiger partial charge in [0.2, 0.25) is 11.4 Å². The highest BCUT2D eigenvalue weighted by atomic mass is 16.3. The van der Waals surface area contributed by atoms with Gasteiger partial charge in [-0.2, -0.15) is 0 Å². The van der Waals surface area contributed by atoms with E-state index >= 15 is 0 Å². The first kappa shape index (κ1) is 13.5. The molecule has 0 saturated carbocycles. The van der Waals surface area contributed by atoms with Gasteiger partial charge in [0.1, 0.15) is 0 Å². The average molecular weight is 281 g/mol. The lowest BCUT2D eigenvalue weighted by Crippen LogP contribution is -2.51. The predicted molar refractivity (Wildman–Crippen MR) is 78.8 cm³/mol. The number of hydrogen-bond acceptors (Lipinski definition) is 3. The van der Waals surface area contributed by atoms with Crippen molar-refractivity contribution in [1.29, 1.82) is 0 Å². The van der Waals surface area contributed by atoms with Crippen molar-refractivity contribution >= 4 is 11.7 Å². The molecule has 1 unspecified atom stereocenters. The lowest BCUT2D eigenvalue weighted by Gasteiger charge is -2.34. The largest absolute Gasteiger partial charge is 0.369 e. The lowest BCUT2D eigenvalue weighted by molar-refractivity contribution is -0.144. The van der Waals surface area contributed by atoms with Gasteiger partial charge < -0.3 is 10.0 Å². The standard InChI is InChI=1S/C17H15NO3/c1-18(2)16(20)17(21)14-10-6-5-8-12(14)11-7-3-4-9-13(11)15(17)19/h3-10,21H,1-2H3. The Morgan fingerprint density at radius 1 is 0.952 bits per heavy atom. The van der Waals surface area contributed by atoms with Crippen molar-refractivity contribution in [3.63, 3.8) is 0 Å². The molecule has 21 heavy (non-hydrogen) atoms. The molecule has 0 aromatic heterocycles. The minimum atomic E-state index is -2.16. The molecule has 106 valence electrons. The zero-order chi connectivity index (χ0) is 15.2. The zero-order valence-corrected chi connectivity index (χ0v) is 11.8. The number of aliphatic hydroxyl groups is 1. The summed E-state index contributed by atoms with van der Waals surface area (Å²) in [6, 6.07) is 14.0. The molecule has 0 aliphatic heterocycles. The number of likely N-dealkylation sites (N-methyl/N-ethyl adjacent to an activating group) is 1. The normalized spacial score (nSPS) is 19.7. The molecule has 2 aromatic carbocycles. The molecular formula is C17H15NO3. The molecule has 4 nitrogen and oxygen atoms in total. The van der Waals surface area contributed by atoms with Gasteiger partial charge in [0.15, 0.2) is 0 Å². The number of Topliss-reactive ketones (excluding diaryl/α,β-unsaturated/α-hetero) is 1. The Hall–Kier alpha value is -2.46. The molecule has 0 fully saturated rings. The molecule has 0 bridgehead atoms. The van der Waals surface area contributed by atoms with Crippen molar-refractivity contribution in [3.8, 4) is 11.1 Å². The van der Waals surface area contributed by atoms with Crippen molar-refractivity contribution < 1.29 is 14.7 Å². The van der Waals surface area contributed by atoms with E-state index in [9.17, 15) is 14.7 Å². The molecule has 1 amide bonds. The van der Waals surface area contributed by atoms with E-state index in [4.69, 9.17) is 0 Å². The number of fused-ring (bicyclic) bond motifs is 3. The van der Waals surface area contributed by atoms with Crippen LogP contribution in [0.15, 0.2) is 48.5 Å². The summed E-state index contributed by atoms with van der Waals surface area (Å²) < 4.78 is 0. The summed E-state index contributed by atoms with van der Waals surface area (Å²) >= 11 is 0. The summed E-state index contributed by atoms with van der Waals surface area (Å²) in [6.45, 7) is 0. The van der Waals surface area contributed by atoms with Crippen LogP contribution in [-0.2, 0) is 10.4 Å². The minimum absolute atomic E-state index is 0.340. The fraction of sp³-hybridized carbons (Fsp3) is 0.176. The maximum Gasteiger partial charge on any atom is 0.267 e. The molecule has 3 rings (SSSR count). The van der Waals surface area contributed by atoms with Gasteiger partial charge in [-0.25, -0.2) is 0 Å². The summed E-state index contributed by atoms with van der Waals surface area (Å²) in [7, 11) is 3.05. The highest BCUT2D eigenvalue weighted by molar-refractivity contribution is 6.22. The fourth-order valence-electron chi connectivity index (χ4n) is 2.80. The molecule has 0 saturated heterocycles. The summed E-state index contributed by atoms with van der Waals surface area (Å²) in [4.78, 5) is 26.4. The van der Waals surface area contributed by atoms with Crippen LogP contribution >= 0.6 is 0 Å². The van der Waals surface area contributed by atoms with E-state index in [1.165, 1.54) is 19.0 Å². The number of amides is 1. The lowest BCUT2D eigenvalue weighted by atomic mass is 9.74. The van der Waals surface area contributed by atoms with Crippen molar-refractivity contribution in [3.05, 3.63) is 59.7 Å². The van der Waals surface area contributed by atoms with Crippen molar-refractivity contribution in [2.75, 3.05) is 14.1 Å².